The second kappa shape index (κ2) is 6.31. The molecule has 0 radical (unpaired) electrons. The number of hydrogen-bond donors (Lipinski definition) is 0. The molecule has 4 nitrogen and oxygen atoms in total. The molecular formula is C16H16BrF2NO3. The summed E-state index contributed by atoms with van der Waals surface area (Å²) >= 11 is 3.21. The van der Waals surface area contributed by atoms with Crippen LogP contribution in [0.25, 0.3) is 11.3 Å². The monoisotopic (exact) mass is 387 g/mol. The van der Waals surface area contributed by atoms with Gasteiger partial charge in [-0.1, -0.05) is 0 Å². The summed E-state index contributed by atoms with van der Waals surface area (Å²) in [5.41, 5.74) is -1.02. The number of benzene rings is 1. The highest BCUT2D eigenvalue weighted by atomic mass is 79.9. The van der Waals surface area contributed by atoms with Crippen molar-refractivity contribution < 1.29 is 23.0 Å². The number of rotatable bonds is 2. The fourth-order valence-corrected chi connectivity index (χ4v) is 2.42. The van der Waals surface area contributed by atoms with Gasteiger partial charge in [-0.2, -0.15) is 0 Å². The van der Waals surface area contributed by atoms with Crippen molar-refractivity contribution in [1.29, 1.82) is 0 Å². The lowest BCUT2D eigenvalue weighted by atomic mass is 10.1. The van der Waals surface area contributed by atoms with Gasteiger partial charge in [-0.15, -0.1) is 0 Å². The maximum absolute atomic E-state index is 14.3. The number of nitrogens with zero attached hydrogens (tertiary/aromatic N) is 1. The third kappa shape index (κ3) is 3.90. The van der Waals surface area contributed by atoms with E-state index in [0.717, 1.165) is 16.7 Å². The molecule has 0 aliphatic rings. The summed E-state index contributed by atoms with van der Waals surface area (Å²) in [5, 5.41) is 0. The van der Waals surface area contributed by atoms with Gasteiger partial charge in [0.05, 0.1) is 18.4 Å². The number of halogens is 3. The van der Waals surface area contributed by atoms with Crippen LogP contribution in [0.4, 0.5) is 13.6 Å². The third-order valence-corrected chi connectivity index (χ3v) is 3.32. The van der Waals surface area contributed by atoms with Crippen LogP contribution in [0.15, 0.2) is 28.9 Å². The number of hydrogen-bond acceptors (Lipinski definition) is 3. The Balaban J connectivity index is 2.56. The van der Waals surface area contributed by atoms with Gasteiger partial charge in [-0.25, -0.2) is 13.6 Å². The van der Waals surface area contributed by atoms with Crippen LogP contribution in [-0.2, 0) is 4.74 Å². The molecule has 2 aromatic rings. The van der Waals surface area contributed by atoms with Gasteiger partial charge in [0.15, 0.2) is 0 Å². The molecular weight excluding hydrogens is 372 g/mol. The molecule has 0 aliphatic heterocycles. The third-order valence-electron chi connectivity index (χ3n) is 2.88. The summed E-state index contributed by atoms with van der Waals surface area (Å²) in [7, 11) is 1.31. The zero-order valence-electron chi connectivity index (χ0n) is 13.1. The molecule has 0 fully saturated rings. The van der Waals surface area contributed by atoms with E-state index in [1.165, 1.54) is 19.4 Å². The lowest BCUT2D eigenvalue weighted by Gasteiger charge is -2.20. The van der Waals surface area contributed by atoms with Crippen LogP contribution < -0.4 is 4.74 Å². The zero-order valence-corrected chi connectivity index (χ0v) is 14.7. The SMILES string of the molecule is COc1cc(F)c(-c2cc(Br)cn2C(=O)OC(C)(C)C)c(F)c1. The van der Waals surface area contributed by atoms with Crippen LogP contribution in [0.5, 0.6) is 5.75 Å². The molecule has 124 valence electrons. The number of carbonyl (C=O) groups is 1. The van der Waals surface area contributed by atoms with Gasteiger partial charge in [0, 0.05) is 22.8 Å². The van der Waals surface area contributed by atoms with Crippen LogP contribution in [0.1, 0.15) is 20.8 Å². The standard InChI is InChI=1S/C16H16BrF2NO3/c1-16(2,3)23-15(21)20-8-9(17)5-13(20)14-11(18)6-10(22-4)7-12(14)19/h5-8H,1-4H3. The highest BCUT2D eigenvalue weighted by Crippen LogP contribution is 2.33. The molecule has 0 spiro atoms. The minimum atomic E-state index is -0.836. The minimum absolute atomic E-state index is 0.0452. The van der Waals surface area contributed by atoms with Gasteiger partial charge in [-0.05, 0) is 42.8 Å². The molecule has 0 aliphatic carbocycles. The van der Waals surface area contributed by atoms with Crippen molar-refractivity contribution in [3.63, 3.8) is 0 Å². The molecule has 0 unspecified atom stereocenters. The first-order chi connectivity index (χ1) is 10.6. The Morgan fingerprint density at radius 2 is 1.74 bits per heavy atom. The summed E-state index contributed by atoms with van der Waals surface area (Å²) < 4.78 is 40.2. The van der Waals surface area contributed by atoms with Crippen molar-refractivity contribution in [2.45, 2.75) is 26.4 Å². The van der Waals surface area contributed by atoms with Gasteiger partial charge in [0.2, 0.25) is 0 Å². The van der Waals surface area contributed by atoms with E-state index in [0.29, 0.717) is 4.47 Å². The molecule has 23 heavy (non-hydrogen) atoms. The normalized spacial score (nSPS) is 11.4. The minimum Gasteiger partial charge on any atom is -0.497 e. The molecule has 7 heteroatoms. The summed E-state index contributed by atoms with van der Waals surface area (Å²) in [6.07, 6.45) is 0.666. The van der Waals surface area contributed by atoms with E-state index >= 15 is 0 Å². The second-order valence-electron chi connectivity index (χ2n) is 5.86. The quantitative estimate of drug-likeness (QED) is 0.728. The molecule has 0 saturated carbocycles. The predicted molar refractivity (Wildman–Crippen MR) is 85.7 cm³/mol. The van der Waals surface area contributed by atoms with Crippen LogP contribution >= 0.6 is 15.9 Å². The van der Waals surface area contributed by atoms with Crippen molar-refractivity contribution in [1.82, 2.24) is 4.57 Å². The summed E-state index contributed by atoms with van der Waals surface area (Å²) in [6, 6.07) is 3.55. The smallest absolute Gasteiger partial charge is 0.419 e. The van der Waals surface area contributed by atoms with E-state index in [-0.39, 0.29) is 17.0 Å². The summed E-state index contributed by atoms with van der Waals surface area (Å²) in [4.78, 5) is 12.3. The topological polar surface area (TPSA) is 40.5 Å². The van der Waals surface area contributed by atoms with Gasteiger partial charge in [0.1, 0.15) is 23.0 Å². The van der Waals surface area contributed by atoms with Crippen molar-refractivity contribution >= 4 is 22.0 Å². The number of methoxy groups -OCH3 is 1. The molecule has 1 aromatic heterocycles. The predicted octanol–water partition coefficient (Wildman–Crippen LogP) is 4.99. The number of ether oxygens (including phenoxy) is 2. The zero-order chi connectivity index (χ0) is 17.4. The first-order valence-corrected chi connectivity index (χ1v) is 7.56. The second-order valence-corrected chi connectivity index (χ2v) is 6.78. The van der Waals surface area contributed by atoms with E-state index in [1.807, 2.05) is 0 Å². The fourth-order valence-electron chi connectivity index (χ4n) is 2.00. The molecule has 2 rings (SSSR count). The average Bonchev–Trinajstić information content (AvgIpc) is 2.77. The van der Waals surface area contributed by atoms with Gasteiger partial charge >= 0.3 is 6.09 Å². The summed E-state index contributed by atoms with van der Waals surface area (Å²) in [6.45, 7) is 5.12. The van der Waals surface area contributed by atoms with E-state index in [4.69, 9.17) is 9.47 Å². The van der Waals surface area contributed by atoms with Gasteiger partial charge in [0.25, 0.3) is 0 Å². The van der Waals surface area contributed by atoms with Crippen molar-refractivity contribution in [2.24, 2.45) is 0 Å². The van der Waals surface area contributed by atoms with E-state index in [9.17, 15) is 13.6 Å². The van der Waals surface area contributed by atoms with E-state index < -0.39 is 23.3 Å². The number of carbonyl (C=O) groups excluding carboxylic acids is 1. The van der Waals surface area contributed by atoms with Crippen LogP contribution in [-0.4, -0.2) is 23.4 Å². The molecule has 0 N–H and O–H groups in total. The molecule has 0 atom stereocenters. The van der Waals surface area contributed by atoms with E-state index in [2.05, 4.69) is 15.9 Å². The van der Waals surface area contributed by atoms with Gasteiger partial charge in [-0.3, -0.25) is 4.57 Å². The highest BCUT2D eigenvalue weighted by molar-refractivity contribution is 9.10. The Bertz CT molecular complexity index is 727. The van der Waals surface area contributed by atoms with Crippen molar-refractivity contribution in [3.8, 4) is 17.0 Å². The summed E-state index contributed by atoms with van der Waals surface area (Å²) in [5.74, 6) is -1.62. The fraction of sp³-hybridized carbons (Fsp3) is 0.312. The Hall–Kier alpha value is -1.89. The molecule has 1 aromatic carbocycles. The molecule has 1 heterocycles. The molecule has 0 bridgehead atoms. The Morgan fingerprint density at radius 3 is 2.22 bits per heavy atom. The van der Waals surface area contributed by atoms with Crippen LogP contribution in [0.3, 0.4) is 0 Å². The Labute approximate surface area is 141 Å². The van der Waals surface area contributed by atoms with Crippen LogP contribution in [0, 0.1) is 11.6 Å². The average molecular weight is 388 g/mol. The first-order valence-electron chi connectivity index (χ1n) is 6.77. The Kier molecular flexibility index (Phi) is 4.79. The lowest BCUT2D eigenvalue weighted by molar-refractivity contribution is 0.0540. The highest BCUT2D eigenvalue weighted by Gasteiger charge is 2.24. The molecule has 0 amide bonds. The van der Waals surface area contributed by atoms with Gasteiger partial charge < -0.3 is 9.47 Å². The van der Waals surface area contributed by atoms with Crippen LogP contribution in [0.2, 0.25) is 0 Å². The largest absolute Gasteiger partial charge is 0.497 e. The molecule has 0 saturated heterocycles. The van der Waals surface area contributed by atoms with Crippen molar-refractivity contribution in [2.75, 3.05) is 7.11 Å². The maximum Gasteiger partial charge on any atom is 0.419 e. The van der Waals surface area contributed by atoms with Crippen molar-refractivity contribution in [3.05, 3.63) is 40.5 Å². The van der Waals surface area contributed by atoms with E-state index in [1.54, 1.807) is 20.8 Å². The first kappa shape index (κ1) is 17.5. The number of aromatic nitrogens is 1. The Morgan fingerprint density at radius 1 is 1.17 bits per heavy atom. The lowest BCUT2D eigenvalue weighted by Crippen LogP contribution is -2.27. The maximum atomic E-state index is 14.3.